The number of carbonyl (C=O) groups is 5. The van der Waals surface area contributed by atoms with Gasteiger partial charge in [0, 0.05) is 26.7 Å². The van der Waals surface area contributed by atoms with Gasteiger partial charge in [-0.3, -0.25) is 19.2 Å². The molecule has 2 saturated carbocycles. The quantitative estimate of drug-likeness (QED) is 0.153. The number of nitrogens with one attached hydrogen (secondary N) is 4. The molecule has 1 unspecified atom stereocenters. The van der Waals surface area contributed by atoms with Crippen molar-refractivity contribution in [3.05, 3.63) is 43.0 Å². The molecule has 1 aromatic rings. The lowest BCUT2D eigenvalue weighted by Gasteiger charge is -2.42. The van der Waals surface area contributed by atoms with Crippen LogP contribution in [0.25, 0.3) is 0 Å². The van der Waals surface area contributed by atoms with Crippen molar-refractivity contribution >= 4 is 39.6 Å². The molecule has 4 N–H and O–H groups in total. The van der Waals surface area contributed by atoms with E-state index in [0.29, 0.717) is 25.7 Å². The molecule has 0 spiro atoms. The second kappa shape index (κ2) is 17.3. The Morgan fingerprint density at radius 2 is 1.59 bits per heavy atom. The molecule has 4 atom stereocenters. The van der Waals surface area contributed by atoms with Gasteiger partial charge < -0.3 is 26.2 Å². The molecule has 3 aliphatic rings. The van der Waals surface area contributed by atoms with Crippen LogP contribution in [0.1, 0.15) is 99.3 Å². The minimum absolute atomic E-state index is 0.0553. The fourth-order valence-corrected chi connectivity index (χ4v) is 9.19. The zero-order valence-electron chi connectivity index (χ0n) is 33.2. The van der Waals surface area contributed by atoms with Crippen LogP contribution in [0.15, 0.2) is 47.9 Å². The SMILES string of the molecule is C=CCNC(=O)C(=O)C(CC1CC1)NC(=O)[C@@H]1[C@@H](C(C)(C)C)CCN1C(=O)[C@@H](NC(=O)NC1(CN(C)S(=O)(=O)c2ccccc2)CCCCC1)C(C)(C)C. The van der Waals surface area contributed by atoms with Gasteiger partial charge in [-0.2, -0.15) is 4.31 Å². The van der Waals surface area contributed by atoms with E-state index in [0.717, 1.165) is 32.1 Å². The third-order valence-electron chi connectivity index (χ3n) is 11.1. The van der Waals surface area contributed by atoms with Crippen molar-refractivity contribution in [1.82, 2.24) is 30.5 Å². The first-order valence-corrected chi connectivity index (χ1v) is 20.8. The number of urea groups is 1. The third kappa shape index (κ3) is 10.7. The molecule has 14 heteroatoms. The Labute approximate surface area is 321 Å². The van der Waals surface area contributed by atoms with E-state index in [4.69, 9.17) is 0 Å². The van der Waals surface area contributed by atoms with Crippen molar-refractivity contribution in [3.63, 3.8) is 0 Å². The number of rotatable bonds is 15. The summed E-state index contributed by atoms with van der Waals surface area (Å²) in [6, 6.07) is 4.55. The number of benzene rings is 1. The largest absolute Gasteiger partial charge is 0.346 e. The van der Waals surface area contributed by atoms with Gasteiger partial charge in [0.25, 0.3) is 5.91 Å². The Hall–Kier alpha value is -3.78. The average Bonchev–Trinajstić information content (AvgIpc) is 3.80. The zero-order valence-corrected chi connectivity index (χ0v) is 34.0. The summed E-state index contributed by atoms with van der Waals surface area (Å²) in [6.45, 7) is 15.5. The van der Waals surface area contributed by atoms with E-state index in [1.54, 1.807) is 30.3 Å². The molecule has 1 heterocycles. The molecule has 1 saturated heterocycles. The molecule has 2 aliphatic carbocycles. The van der Waals surface area contributed by atoms with Crippen LogP contribution in [0.5, 0.6) is 0 Å². The molecule has 1 aromatic carbocycles. The topological polar surface area (TPSA) is 174 Å². The summed E-state index contributed by atoms with van der Waals surface area (Å²) in [5.74, 6) is -2.50. The van der Waals surface area contributed by atoms with Crippen LogP contribution in [0.4, 0.5) is 4.79 Å². The number of Topliss-reactive ketones (excluding diaryl/α,β-unsaturated/α-hetero) is 1. The molecule has 54 heavy (non-hydrogen) atoms. The normalized spacial score (nSPS) is 21.4. The van der Waals surface area contributed by atoms with Gasteiger partial charge in [-0.25, -0.2) is 13.2 Å². The second-order valence-corrected chi connectivity index (χ2v) is 19.7. The number of hydrogen-bond donors (Lipinski definition) is 4. The van der Waals surface area contributed by atoms with Crippen LogP contribution in [0.3, 0.4) is 0 Å². The molecular formula is C40H62N6O7S. The minimum Gasteiger partial charge on any atom is -0.346 e. The zero-order chi connectivity index (χ0) is 40.1. The van der Waals surface area contributed by atoms with E-state index in [1.165, 1.54) is 22.3 Å². The number of amides is 5. The van der Waals surface area contributed by atoms with Crippen LogP contribution in [-0.4, -0.2) is 97.5 Å². The minimum atomic E-state index is -3.83. The van der Waals surface area contributed by atoms with Crippen molar-refractivity contribution < 1.29 is 32.4 Å². The van der Waals surface area contributed by atoms with Gasteiger partial charge in [-0.15, -0.1) is 6.58 Å². The highest BCUT2D eigenvalue weighted by molar-refractivity contribution is 7.89. The number of likely N-dealkylation sites (N-methyl/N-ethyl adjacent to an activating group) is 1. The summed E-state index contributed by atoms with van der Waals surface area (Å²) in [5.41, 5.74) is -2.04. The average molecular weight is 771 g/mol. The van der Waals surface area contributed by atoms with Gasteiger partial charge in [0.2, 0.25) is 27.6 Å². The van der Waals surface area contributed by atoms with Crippen molar-refractivity contribution in [2.45, 2.75) is 128 Å². The lowest BCUT2D eigenvalue weighted by Crippen LogP contribution is -2.64. The maximum Gasteiger partial charge on any atom is 0.315 e. The van der Waals surface area contributed by atoms with E-state index in [2.05, 4.69) is 27.8 Å². The highest BCUT2D eigenvalue weighted by Crippen LogP contribution is 2.40. The molecule has 300 valence electrons. The van der Waals surface area contributed by atoms with Gasteiger partial charge in [-0.1, -0.05) is 97.9 Å². The predicted molar refractivity (Wildman–Crippen MR) is 208 cm³/mol. The van der Waals surface area contributed by atoms with Gasteiger partial charge in [0.15, 0.2) is 0 Å². The summed E-state index contributed by atoms with van der Waals surface area (Å²) >= 11 is 0. The molecule has 4 rings (SSSR count). The first-order valence-electron chi connectivity index (χ1n) is 19.3. The Morgan fingerprint density at radius 3 is 2.15 bits per heavy atom. The van der Waals surface area contributed by atoms with Crippen LogP contribution < -0.4 is 21.3 Å². The maximum atomic E-state index is 14.7. The fourth-order valence-electron chi connectivity index (χ4n) is 7.91. The number of carbonyl (C=O) groups excluding carboxylic acids is 5. The molecule has 0 radical (unpaired) electrons. The van der Waals surface area contributed by atoms with E-state index in [9.17, 15) is 32.4 Å². The van der Waals surface area contributed by atoms with Crippen molar-refractivity contribution in [2.24, 2.45) is 22.7 Å². The Bertz CT molecular complexity index is 1640. The monoisotopic (exact) mass is 770 g/mol. The first kappa shape index (κ1) is 43.0. The number of nitrogens with zero attached hydrogens (tertiary/aromatic N) is 2. The highest BCUT2D eigenvalue weighted by atomic mass is 32.2. The molecule has 13 nitrogen and oxygen atoms in total. The summed E-state index contributed by atoms with van der Waals surface area (Å²) < 4.78 is 28.2. The lowest BCUT2D eigenvalue weighted by atomic mass is 9.75. The number of sulfonamides is 1. The van der Waals surface area contributed by atoms with Crippen LogP contribution in [-0.2, 0) is 29.2 Å². The van der Waals surface area contributed by atoms with Crippen molar-refractivity contribution in [2.75, 3.05) is 26.7 Å². The molecule has 1 aliphatic heterocycles. The summed E-state index contributed by atoms with van der Waals surface area (Å²) in [4.78, 5) is 70.6. The molecule has 0 aromatic heterocycles. The third-order valence-corrected chi connectivity index (χ3v) is 13.0. The van der Waals surface area contributed by atoms with Gasteiger partial charge in [0.05, 0.1) is 16.5 Å². The van der Waals surface area contributed by atoms with E-state index in [-0.39, 0.29) is 36.4 Å². The summed E-state index contributed by atoms with van der Waals surface area (Å²) in [6.07, 6.45) is 7.87. The second-order valence-electron chi connectivity index (χ2n) is 17.7. The van der Waals surface area contributed by atoms with E-state index in [1.807, 2.05) is 41.5 Å². The summed E-state index contributed by atoms with van der Waals surface area (Å²) in [5, 5.41) is 11.4. The van der Waals surface area contributed by atoms with Crippen LogP contribution in [0.2, 0.25) is 0 Å². The number of hydrogen-bond acceptors (Lipinski definition) is 7. The molecular weight excluding hydrogens is 709 g/mol. The Morgan fingerprint density at radius 1 is 0.963 bits per heavy atom. The van der Waals surface area contributed by atoms with Gasteiger partial charge in [0.1, 0.15) is 12.1 Å². The van der Waals surface area contributed by atoms with Gasteiger partial charge in [-0.05, 0) is 60.5 Å². The first-order chi connectivity index (χ1) is 25.2. The summed E-state index contributed by atoms with van der Waals surface area (Å²) in [7, 11) is -2.31. The van der Waals surface area contributed by atoms with Crippen LogP contribution in [0, 0.1) is 22.7 Å². The maximum absolute atomic E-state index is 14.7. The lowest BCUT2D eigenvalue weighted by molar-refractivity contribution is -0.145. The van der Waals surface area contributed by atoms with Gasteiger partial charge >= 0.3 is 6.03 Å². The fraction of sp³-hybridized carbons (Fsp3) is 0.675. The predicted octanol–water partition coefficient (Wildman–Crippen LogP) is 4.14. The van der Waals surface area contributed by atoms with Crippen molar-refractivity contribution in [3.8, 4) is 0 Å². The standard InChI is InChI=1S/C40H62N6O7S/c1-9-23-41-35(49)32(47)30(25-27-18-19-27)42-34(48)31-29(38(2,3)4)20-24-46(31)36(50)33(39(5,6)7)43-37(51)44-40(21-14-11-15-22-40)26-45(8)54(52,53)28-16-12-10-13-17-28/h9-10,12-13,16-17,27,29-31,33H,1,11,14-15,18-26H2,2-8H3,(H,41,49)(H,42,48)(H2,43,44,51)/t29-,30?,31-,33+/m0/s1. The Kier molecular flexibility index (Phi) is 13.8. The highest BCUT2D eigenvalue weighted by Gasteiger charge is 2.50. The van der Waals surface area contributed by atoms with E-state index < -0.39 is 74.1 Å². The number of likely N-dealkylation sites (tertiary alicyclic amines) is 1. The van der Waals surface area contributed by atoms with Crippen LogP contribution >= 0.6 is 0 Å². The van der Waals surface area contributed by atoms with Crippen molar-refractivity contribution in [1.29, 1.82) is 0 Å². The number of ketones is 1. The smallest absolute Gasteiger partial charge is 0.315 e. The molecule has 3 fully saturated rings. The molecule has 5 amide bonds. The Balaban J connectivity index is 1.56. The molecule has 0 bridgehead atoms. The van der Waals surface area contributed by atoms with E-state index >= 15 is 0 Å².